The quantitative estimate of drug-likeness (QED) is 0.735. The van der Waals surface area contributed by atoms with Crippen molar-refractivity contribution in [2.45, 2.75) is 0 Å². The summed E-state index contributed by atoms with van der Waals surface area (Å²) in [5.74, 6) is -1.07. The number of carboxylic acids is 1. The first kappa shape index (κ1) is 10.7. The monoisotopic (exact) mass is 262 g/mol. The van der Waals surface area contributed by atoms with Crippen molar-refractivity contribution in [2.75, 3.05) is 0 Å². The highest BCUT2D eigenvalue weighted by molar-refractivity contribution is 7.17. The lowest BCUT2D eigenvalue weighted by molar-refractivity contribution is 0.0683. The zero-order valence-electron chi connectivity index (χ0n) is 8.84. The van der Waals surface area contributed by atoms with E-state index in [1.807, 2.05) is 0 Å². The molecule has 0 amide bonds. The Bertz CT molecular complexity index is 785. The maximum atomic E-state index is 11.9. The van der Waals surface area contributed by atoms with E-state index in [2.05, 4.69) is 9.97 Å². The minimum atomic E-state index is -1.26. The Morgan fingerprint density at radius 1 is 1.50 bits per heavy atom. The van der Waals surface area contributed by atoms with Gasteiger partial charge in [0.25, 0.3) is 5.56 Å². The largest absolute Gasteiger partial charge is 0.475 e. The number of aromatic nitrogens is 2. The third kappa shape index (κ3) is 1.52. The van der Waals surface area contributed by atoms with E-state index in [1.54, 1.807) is 17.5 Å². The van der Waals surface area contributed by atoms with Gasteiger partial charge in [-0.1, -0.05) is 0 Å². The molecule has 7 heteroatoms. The zero-order valence-corrected chi connectivity index (χ0v) is 9.65. The third-order valence-electron chi connectivity index (χ3n) is 2.43. The number of aromatic amines is 1. The van der Waals surface area contributed by atoms with Gasteiger partial charge in [-0.2, -0.15) is 0 Å². The number of fused-ring (bicyclic) bond motifs is 1. The van der Waals surface area contributed by atoms with Gasteiger partial charge in [-0.05, 0) is 12.1 Å². The number of aromatic carboxylic acids is 1. The van der Waals surface area contributed by atoms with Crippen LogP contribution in [0.1, 0.15) is 10.6 Å². The first-order valence-corrected chi connectivity index (χ1v) is 5.83. The van der Waals surface area contributed by atoms with E-state index in [0.29, 0.717) is 21.5 Å². The average molecular weight is 262 g/mol. The normalized spacial score (nSPS) is 10.9. The summed E-state index contributed by atoms with van der Waals surface area (Å²) in [6, 6.07) is 3.44. The van der Waals surface area contributed by atoms with Crippen LogP contribution in [0.5, 0.6) is 0 Å². The van der Waals surface area contributed by atoms with Crippen molar-refractivity contribution in [3.63, 3.8) is 0 Å². The van der Waals surface area contributed by atoms with Crippen LogP contribution in [0, 0.1) is 0 Å². The first-order valence-electron chi connectivity index (χ1n) is 4.95. The summed E-state index contributed by atoms with van der Waals surface area (Å²) in [4.78, 5) is 29.2. The average Bonchev–Trinajstić information content (AvgIpc) is 2.96. The Kier molecular flexibility index (Phi) is 2.27. The predicted octanol–water partition coefficient (Wildman–Crippen LogP) is 1.94. The molecule has 3 rings (SSSR count). The lowest BCUT2D eigenvalue weighted by Gasteiger charge is -1.96. The van der Waals surface area contributed by atoms with Crippen LogP contribution in [0.3, 0.4) is 0 Å². The lowest BCUT2D eigenvalue weighted by Crippen LogP contribution is -2.14. The van der Waals surface area contributed by atoms with Crippen molar-refractivity contribution in [1.29, 1.82) is 0 Å². The molecule has 0 radical (unpaired) electrons. The van der Waals surface area contributed by atoms with Crippen molar-refractivity contribution < 1.29 is 14.3 Å². The van der Waals surface area contributed by atoms with Crippen LogP contribution in [-0.2, 0) is 0 Å². The summed E-state index contributed by atoms with van der Waals surface area (Å²) in [5.41, 5.74) is 0.135. The van der Waals surface area contributed by atoms with Crippen LogP contribution >= 0.6 is 11.3 Å². The summed E-state index contributed by atoms with van der Waals surface area (Å²) in [7, 11) is 0. The van der Waals surface area contributed by atoms with Gasteiger partial charge in [-0.15, -0.1) is 11.3 Å². The molecule has 6 nitrogen and oxygen atoms in total. The van der Waals surface area contributed by atoms with E-state index >= 15 is 0 Å². The number of nitrogens with one attached hydrogen (secondary N) is 1. The SMILES string of the molecule is O=C(O)c1nc2scc(-c3ccco3)c2c(=O)[nH]1. The molecule has 90 valence electrons. The molecule has 2 N–H and O–H groups in total. The molecule has 0 aliphatic rings. The molecule has 0 saturated heterocycles. The molecule has 3 aromatic heterocycles. The molecule has 0 aliphatic heterocycles. The first-order chi connectivity index (χ1) is 8.66. The minimum absolute atomic E-state index is 0.347. The molecular formula is C11H6N2O4S. The number of thiophene rings is 1. The Balaban J connectivity index is 2.33. The summed E-state index contributed by atoms with van der Waals surface area (Å²) in [6.45, 7) is 0. The van der Waals surface area contributed by atoms with Gasteiger partial charge in [-0.3, -0.25) is 4.79 Å². The van der Waals surface area contributed by atoms with E-state index in [-0.39, 0.29) is 5.82 Å². The summed E-state index contributed by atoms with van der Waals surface area (Å²) in [5, 5.41) is 10.9. The van der Waals surface area contributed by atoms with Crippen molar-refractivity contribution in [3.8, 4) is 11.3 Å². The van der Waals surface area contributed by atoms with Crippen LogP contribution in [-0.4, -0.2) is 21.0 Å². The predicted molar refractivity (Wildman–Crippen MR) is 64.9 cm³/mol. The van der Waals surface area contributed by atoms with Gasteiger partial charge in [0.05, 0.1) is 11.6 Å². The number of hydrogen-bond acceptors (Lipinski definition) is 5. The van der Waals surface area contributed by atoms with Gasteiger partial charge in [0, 0.05) is 10.9 Å². The van der Waals surface area contributed by atoms with Gasteiger partial charge >= 0.3 is 5.97 Å². The molecule has 18 heavy (non-hydrogen) atoms. The van der Waals surface area contributed by atoms with E-state index in [0.717, 1.165) is 0 Å². The second-order valence-electron chi connectivity index (χ2n) is 3.53. The highest BCUT2D eigenvalue weighted by Crippen LogP contribution is 2.30. The number of nitrogens with zero attached hydrogens (tertiary/aromatic N) is 1. The molecule has 0 aromatic carbocycles. The van der Waals surface area contributed by atoms with Crippen LogP contribution in [0.2, 0.25) is 0 Å². The minimum Gasteiger partial charge on any atom is -0.475 e. The molecule has 0 aliphatic carbocycles. The molecular weight excluding hydrogens is 256 g/mol. The molecule has 3 heterocycles. The maximum Gasteiger partial charge on any atom is 0.372 e. The Morgan fingerprint density at radius 3 is 3.00 bits per heavy atom. The fourth-order valence-corrected chi connectivity index (χ4v) is 2.59. The van der Waals surface area contributed by atoms with Gasteiger partial charge in [0.15, 0.2) is 0 Å². The van der Waals surface area contributed by atoms with Crippen LogP contribution in [0.25, 0.3) is 21.5 Å². The van der Waals surface area contributed by atoms with E-state index < -0.39 is 11.5 Å². The van der Waals surface area contributed by atoms with Gasteiger partial charge in [0.1, 0.15) is 10.6 Å². The zero-order chi connectivity index (χ0) is 12.7. The van der Waals surface area contributed by atoms with Gasteiger partial charge in [-0.25, -0.2) is 9.78 Å². The number of carboxylic acid groups (broad SMARTS) is 1. The Labute approximate surface area is 104 Å². The van der Waals surface area contributed by atoms with E-state index in [1.165, 1.54) is 17.6 Å². The smallest absolute Gasteiger partial charge is 0.372 e. The maximum absolute atomic E-state index is 11.9. The molecule has 0 bridgehead atoms. The number of rotatable bonds is 2. The fraction of sp³-hybridized carbons (Fsp3) is 0. The van der Waals surface area contributed by atoms with Crippen LogP contribution < -0.4 is 5.56 Å². The molecule has 0 atom stereocenters. The number of hydrogen-bond donors (Lipinski definition) is 2. The van der Waals surface area contributed by atoms with Crippen molar-refractivity contribution in [2.24, 2.45) is 0 Å². The summed E-state index contributed by atoms with van der Waals surface area (Å²) < 4.78 is 5.23. The highest BCUT2D eigenvalue weighted by Gasteiger charge is 2.16. The second kappa shape index (κ2) is 3.81. The molecule has 0 fully saturated rings. The van der Waals surface area contributed by atoms with Crippen molar-refractivity contribution in [3.05, 3.63) is 40.0 Å². The summed E-state index contributed by atoms with van der Waals surface area (Å²) in [6.07, 6.45) is 1.51. The Morgan fingerprint density at radius 2 is 2.33 bits per heavy atom. The van der Waals surface area contributed by atoms with Crippen LogP contribution in [0.4, 0.5) is 0 Å². The summed E-state index contributed by atoms with van der Waals surface area (Å²) >= 11 is 1.20. The molecule has 0 spiro atoms. The van der Waals surface area contributed by atoms with Crippen LogP contribution in [0.15, 0.2) is 33.0 Å². The number of furan rings is 1. The van der Waals surface area contributed by atoms with E-state index in [4.69, 9.17) is 9.52 Å². The highest BCUT2D eigenvalue weighted by atomic mass is 32.1. The van der Waals surface area contributed by atoms with Gasteiger partial charge < -0.3 is 14.5 Å². The van der Waals surface area contributed by atoms with Crippen molar-refractivity contribution >= 4 is 27.5 Å². The number of H-pyrrole nitrogens is 1. The third-order valence-corrected chi connectivity index (χ3v) is 3.31. The number of carbonyl (C=O) groups is 1. The lowest BCUT2D eigenvalue weighted by atomic mass is 10.2. The van der Waals surface area contributed by atoms with Crippen molar-refractivity contribution in [1.82, 2.24) is 9.97 Å². The molecule has 0 unspecified atom stereocenters. The molecule has 0 saturated carbocycles. The fourth-order valence-electron chi connectivity index (χ4n) is 1.66. The standard InChI is InChI=1S/C11H6N2O4S/c14-9-7-5(6-2-1-3-17-6)4-18-10(7)13-8(12-9)11(15)16/h1-4H,(H,15,16)(H,12,13,14). The second-order valence-corrected chi connectivity index (χ2v) is 4.38. The topological polar surface area (TPSA) is 96.2 Å². The van der Waals surface area contributed by atoms with E-state index in [9.17, 15) is 9.59 Å². The molecule has 3 aromatic rings. The Hall–Kier alpha value is -2.41. The van der Waals surface area contributed by atoms with Gasteiger partial charge in [0.2, 0.25) is 5.82 Å².